The Hall–Kier alpha value is -3.02. The zero-order valence-electron chi connectivity index (χ0n) is 13.8. The quantitative estimate of drug-likeness (QED) is 0.679. The summed E-state index contributed by atoms with van der Waals surface area (Å²) in [7, 11) is 0. The number of carbonyl (C=O) groups is 2. The molecule has 24 heavy (non-hydrogen) atoms. The normalized spacial score (nSPS) is 11.4. The molecule has 126 valence electrons. The summed E-state index contributed by atoms with van der Waals surface area (Å²) >= 11 is 0. The van der Waals surface area contributed by atoms with Crippen molar-refractivity contribution in [2.75, 3.05) is 5.32 Å². The Kier molecular flexibility index (Phi) is 5.78. The number of primary amides is 1. The standard InChI is InChI=1S/C18H22N4O2/c1-12-3-5-14(6-4-12)11-20-18(24)21-13(2)15-7-9-16(10-8-15)22-17(19)23/h3-10,13H,11H2,1-2H3,(H3,19,22,23)(H2,20,21,24). The molecule has 4 amide bonds. The second-order valence-electron chi connectivity index (χ2n) is 5.65. The molecule has 0 aliphatic carbocycles. The van der Waals surface area contributed by atoms with Gasteiger partial charge in [0.15, 0.2) is 0 Å². The van der Waals surface area contributed by atoms with Gasteiger partial charge in [-0.1, -0.05) is 42.0 Å². The molecule has 1 unspecified atom stereocenters. The summed E-state index contributed by atoms with van der Waals surface area (Å²) < 4.78 is 0. The van der Waals surface area contributed by atoms with Gasteiger partial charge < -0.3 is 21.7 Å². The number of hydrogen-bond donors (Lipinski definition) is 4. The van der Waals surface area contributed by atoms with E-state index < -0.39 is 6.03 Å². The minimum absolute atomic E-state index is 0.161. The van der Waals surface area contributed by atoms with Gasteiger partial charge in [-0.15, -0.1) is 0 Å². The van der Waals surface area contributed by atoms with E-state index in [1.165, 1.54) is 5.56 Å². The van der Waals surface area contributed by atoms with Gasteiger partial charge in [0.25, 0.3) is 0 Å². The maximum Gasteiger partial charge on any atom is 0.316 e. The number of anilines is 1. The highest BCUT2D eigenvalue weighted by atomic mass is 16.2. The lowest BCUT2D eigenvalue weighted by atomic mass is 10.1. The van der Waals surface area contributed by atoms with Gasteiger partial charge in [-0.25, -0.2) is 9.59 Å². The molecule has 0 saturated carbocycles. The Morgan fingerprint density at radius 1 is 1.04 bits per heavy atom. The first-order chi connectivity index (χ1) is 11.4. The molecule has 0 aliphatic heterocycles. The lowest BCUT2D eigenvalue weighted by Crippen LogP contribution is -2.36. The van der Waals surface area contributed by atoms with Crippen molar-refractivity contribution in [1.29, 1.82) is 0 Å². The lowest BCUT2D eigenvalue weighted by Gasteiger charge is -2.15. The van der Waals surface area contributed by atoms with Gasteiger partial charge in [0.2, 0.25) is 0 Å². The highest BCUT2D eigenvalue weighted by molar-refractivity contribution is 5.87. The first kappa shape index (κ1) is 17.3. The van der Waals surface area contributed by atoms with E-state index in [1.807, 2.05) is 50.2 Å². The summed E-state index contributed by atoms with van der Waals surface area (Å²) in [5, 5.41) is 8.20. The number of nitrogens with one attached hydrogen (secondary N) is 3. The third-order valence-electron chi connectivity index (χ3n) is 3.60. The largest absolute Gasteiger partial charge is 0.351 e. The Bertz CT molecular complexity index is 696. The first-order valence-corrected chi connectivity index (χ1v) is 7.70. The molecule has 0 saturated heterocycles. The van der Waals surface area contributed by atoms with E-state index >= 15 is 0 Å². The summed E-state index contributed by atoms with van der Waals surface area (Å²) in [5.74, 6) is 0. The molecule has 0 fully saturated rings. The number of amides is 4. The minimum atomic E-state index is -0.607. The summed E-state index contributed by atoms with van der Waals surface area (Å²) in [5.41, 5.74) is 8.83. The van der Waals surface area contributed by atoms with Crippen molar-refractivity contribution < 1.29 is 9.59 Å². The Morgan fingerprint density at radius 3 is 2.25 bits per heavy atom. The monoisotopic (exact) mass is 326 g/mol. The second-order valence-corrected chi connectivity index (χ2v) is 5.65. The molecule has 2 rings (SSSR count). The fourth-order valence-corrected chi connectivity index (χ4v) is 2.22. The molecule has 2 aromatic carbocycles. The lowest BCUT2D eigenvalue weighted by molar-refractivity contribution is 0.237. The van der Waals surface area contributed by atoms with Crippen LogP contribution in [-0.2, 0) is 6.54 Å². The van der Waals surface area contributed by atoms with Crippen LogP contribution in [0.25, 0.3) is 0 Å². The van der Waals surface area contributed by atoms with Gasteiger partial charge in [0.05, 0.1) is 6.04 Å². The fraction of sp³-hybridized carbons (Fsp3) is 0.222. The van der Waals surface area contributed by atoms with Crippen molar-refractivity contribution >= 4 is 17.7 Å². The molecule has 0 bridgehead atoms. The van der Waals surface area contributed by atoms with E-state index in [-0.39, 0.29) is 12.1 Å². The molecule has 0 heterocycles. The topological polar surface area (TPSA) is 96.2 Å². The van der Waals surface area contributed by atoms with Gasteiger partial charge in [0.1, 0.15) is 0 Å². The van der Waals surface area contributed by atoms with Crippen molar-refractivity contribution in [3.63, 3.8) is 0 Å². The minimum Gasteiger partial charge on any atom is -0.351 e. The highest BCUT2D eigenvalue weighted by Gasteiger charge is 2.09. The van der Waals surface area contributed by atoms with E-state index in [1.54, 1.807) is 12.1 Å². The van der Waals surface area contributed by atoms with Crippen LogP contribution in [0, 0.1) is 6.92 Å². The van der Waals surface area contributed by atoms with Gasteiger partial charge >= 0.3 is 12.1 Å². The number of carbonyl (C=O) groups excluding carboxylic acids is 2. The van der Waals surface area contributed by atoms with Crippen LogP contribution < -0.4 is 21.7 Å². The second kappa shape index (κ2) is 8.01. The van der Waals surface area contributed by atoms with Gasteiger partial charge in [0, 0.05) is 12.2 Å². The molecule has 0 radical (unpaired) electrons. The molecule has 2 aromatic rings. The number of urea groups is 2. The van der Waals surface area contributed by atoms with Gasteiger partial charge in [-0.05, 0) is 37.1 Å². The number of hydrogen-bond acceptors (Lipinski definition) is 2. The van der Waals surface area contributed by atoms with Crippen molar-refractivity contribution in [1.82, 2.24) is 10.6 Å². The number of benzene rings is 2. The van der Waals surface area contributed by atoms with Crippen molar-refractivity contribution in [3.05, 3.63) is 65.2 Å². The molecule has 5 N–H and O–H groups in total. The van der Waals surface area contributed by atoms with Crippen LogP contribution in [-0.4, -0.2) is 12.1 Å². The molecule has 6 heteroatoms. The number of nitrogens with two attached hydrogens (primary N) is 1. The highest BCUT2D eigenvalue weighted by Crippen LogP contribution is 2.15. The first-order valence-electron chi connectivity index (χ1n) is 7.70. The van der Waals surface area contributed by atoms with E-state index in [9.17, 15) is 9.59 Å². The van der Waals surface area contributed by atoms with Crippen molar-refractivity contribution in [2.45, 2.75) is 26.4 Å². The van der Waals surface area contributed by atoms with Crippen molar-refractivity contribution in [2.24, 2.45) is 5.73 Å². The van der Waals surface area contributed by atoms with E-state index in [0.717, 1.165) is 11.1 Å². The Labute approximate surface area is 141 Å². The SMILES string of the molecule is Cc1ccc(CNC(=O)NC(C)c2ccc(NC(N)=O)cc2)cc1. The van der Waals surface area contributed by atoms with E-state index in [0.29, 0.717) is 12.2 Å². The maximum atomic E-state index is 12.0. The average Bonchev–Trinajstić information content (AvgIpc) is 2.54. The molecular weight excluding hydrogens is 304 g/mol. The zero-order valence-corrected chi connectivity index (χ0v) is 13.8. The predicted octanol–water partition coefficient (Wildman–Crippen LogP) is 3.05. The summed E-state index contributed by atoms with van der Waals surface area (Å²) in [4.78, 5) is 22.8. The van der Waals surface area contributed by atoms with Gasteiger partial charge in [-0.3, -0.25) is 0 Å². The van der Waals surface area contributed by atoms with Crippen LogP contribution in [0.2, 0.25) is 0 Å². The third-order valence-corrected chi connectivity index (χ3v) is 3.60. The third kappa shape index (κ3) is 5.31. The van der Waals surface area contributed by atoms with Crippen molar-refractivity contribution in [3.8, 4) is 0 Å². The molecule has 1 atom stereocenters. The number of rotatable bonds is 5. The van der Waals surface area contributed by atoms with E-state index in [2.05, 4.69) is 16.0 Å². The summed E-state index contributed by atoms with van der Waals surface area (Å²) in [6.45, 7) is 4.39. The smallest absolute Gasteiger partial charge is 0.316 e. The van der Waals surface area contributed by atoms with Crippen LogP contribution >= 0.6 is 0 Å². The summed E-state index contributed by atoms with van der Waals surface area (Å²) in [6.07, 6.45) is 0. The average molecular weight is 326 g/mol. The molecule has 6 nitrogen and oxygen atoms in total. The summed E-state index contributed by atoms with van der Waals surface area (Å²) in [6, 6.07) is 14.1. The molecule has 0 aliphatic rings. The molecule has 0 spiro atoms. The van der Waals surface area contributed by atoms with Crippen LogP contribution in [0.5, 0.6) is 0 Å². The van der Waals surface area contributed by atoms with E-state index in [4.69, 9.17) is 5.73 Å². The molecule has 0 aromatic heterocycles. The van der Waals surface area contributed by atoms with Gasteiger partial charge in [-0.2, -0.15) is 0 Å². The number of aryl methyl sites for hydroxylation is 1. The van der Waals surface area contributed by atoms with Crippen LogP contribution in [0.4, 0.5) is 15.3 Å². The Balaban J connectivity index is 1.84. The van der Waals surface area contributed by atoms with Crippen LogP contribution in [0.15, 0.2) is 48.5 Å². The van der Waals surface area contributed by atoms with Crippen LogP contribution in [0.1, 0.15) is 29.7 Å². The van der Waals surface area contributed by atoms with Crippen LogP contribution in [0.3, 0.4) is 0 Å². The zero-order chi connectivity index (χ0) is 17.5. The molecular formula is C18H22N4O2. The Morgan fingerprint density at radius 2 is 1.67 bits per heavy atom. The predicted molar refractivity (Wildman–Crippen MR) is 94.6 cm³/mol. The fourth-order valence-electron chi connectivity index (χ4n) is 2.22. The maximum absolute atomic E-state index is 12.0.